The summed E-state index contributed by atoms with van der Waals surface area (Å²) in [6, 6.07) is 9.21. The first-order valence-electron chi connectivity index (χ1n) is 13.8. The van der Waals surface area contributed by atoms with Crippen LogP contribution in [0.5, 0.6) is 5.75 Å². The molecule has 39 heavy (non-hydrogen) atoms. The molecule has 1 saturated heterocycles. The number of nitriles is 1. The van der Waals surface area contributed by atoms with Crippen molar-refractivity contribution in [2.75, 3.05) is 32.8 Å². The SMILES string of the molecule is C=c1/c(=C\C(=C/C)c2ccc(C#N)cc2)c(O)c(C(=O)NC2CCC(C)CC2)c(=O)n1CCN1CCOCC1. The number of carbonyl (C=O) groups is 1. The summed E-state index contributed by atoms with van der Waals surface area (Å²) in [4.78, 5) is 29.3. The standard InChI is InChI=1S/C31H38N4O4/c1-4-24(25-9-7-23(20-32)8-10-25)19-27-22(3)35(14-13-34-15-17-39-18-16-34)31(38)28(29(27)36)30(37)33-26-11-5-21(2)6-12-26/h4,7-10,19,21,26,36H,3,5-6,11-18H2,1-2H3,(H,33,37)/b24-4+,27-19+. The lowest BCUT2D eigenvalue weighted by Crippen LogP contribution is -2.50. The summed E-state index contributed by atoms with van der Waals surface area (Å²) in [6.45, 7) is 12.0. The Bertz CT molecular complexity index is 1420. The quantitative estimate of drug-likeness (QED) is 0.569. The molecule has 4 rings (SSSR count). The second-order valence-electron chi connectivity index (χ2n) is 10.5. The minimum absolute atomic E-state index is 0.0223. The number of hydrogen-bond acceptors (Lipinski definition) is 6. The van der Waals surface area contributed by atoms with Gasteiger partial charge >= 0.3 is 0 Å². The Labute approximate surface area is 229 Å². The van der Waals surface area contributed by atoms with Crippen molar-refractivity contribution in [3.05, 3.63) is 68.0 Å². The Kier molecular flexibility index (Phi) is 9.39. The molecule has 1 aliphatic heterocycles. The molecule has 2 fully saturated rings. The lowest BCUT2D eigenvalue weighted by molar-refractivity contribution is 0.0361. The average molecular weight is 531 g/mol. The normalized spacial score (nSPS) is 20.9. The van der Waals surface area contributed by atoms with E-state index in [1.165, 1.54) is 4.57 Å². The molecule has 1 aromatic carbocycles. The van der Waals surface area contributed by atoms with Crippen LogP contribution in [0.1, 0.15) is 61.0 Å². The van der Waals surface area contributed by atoms with E-state index < -0.39 is 11.5 Å². The molecule has 8 heteroatoms. The van der Waals surface area contributed by atoms with E-state index in [2.05, 4.69) is 29.8 Å². The van der Waals surface area contributed by atoms with Crippen LogP contribution < -0.4 is 21.4 Å². The van der Waals surface area contributed by atoms with Crippen LogP contribution in [0.15, 0.2) is 35.1 Å². The second kappa shape index (κ2) is 12.9. The predicted molar refractivity (Wildman–Crippen MR) is 153 cm³/mol. The Morgan fingerprint density at radius 1 is 1.18 bits per heavy atom. The van der Waals surface area contributed by atoms with E-state index in [4.69, 9.17) is 10.00 Å². The number of pyridine rings is 1. The van der Waals surface area contributed by atoms with Gasteiger partial charge in [0.2, 0.25) is 0 Å². The maximum Gasteiger partial charge on any atom is 0.267 e. The number of benzene rings is 1. The van der Waals surface area contributed by atoms with Crippen LogP contribution in [0.2, 0.25) is 0 Å². The van der Waals surface area contributed by atoms with Crippen LogP contribution in [0.25, 0.3) is 18.2 Å². The largest absolute Gasteiger partial charge is 0.506 e. The second-order valence-corrected chi connectivity index (χ2v) is 10.5. The van der Waals surface area contributed by atoms with Crippen molar-refractivity contribution in [3.8, 4) is 11.8 Å². The molecule has 1 amide bonds. The van der Waals surface area contributed by atoms with Crippen molar-refractivity contribution in [2.24, 2.45) is 5.92 Å². The Hall–Kier alpha value is -3.67. The molecule has 0 unspecified atom stereocenters. The first-order chi connectivity index (χ1) is 18.8. The van der Waals surface area contributed by atoms with E-state index in [9.17, 15) is 14.7 Å². The van der Waals surface area contributed by atoms with Gasteiger partial charge in [-0.2, -0.15) is 5.26 Å². The highest BCUT2D eigenvalue weighted by Gasteiger charge is 2.25. The number of ether oxygens (including phenoxy) is 1. The predicted octanol–water partition coefficient (Wildman–Crippen LogP) is 2.36. The van der Waals surface area contributed by atoms with Gasteiger partial charge in [0.25, 0.3) is 11.5 Å². The van der Waals surface area contributed by atoms with Gasteiger partial charge in [-0.05, 0) is 67.9 Å². The number of hydrogen-bond donors (Lipinski definition) is 2. The monoisotopic (exact) mass is 530 g/mol. The fourth-order valence-electron chi connectivity index (χ4n) is 5.32. The molecule has 1 aliphatic carbocycles. The summed E-state index contributed by atoms with van der Waals surface area (Å²) < 4.78 is 6.94. The number of allylic oxidation sites excluding steroid dienone is 2. The summed E-state index contributed by atoms with van der Waals surface area (Å²) >= 11 is 0. The lowest BCUT2D eigenvalue weighted by atomic mass is 9.87. The van der Waals surface area contributed by atoms with Crippen LogP contribution in [-0.4, -0.2) is 59.4 Å². The fraction of sp³-hybridized carbons (Fsp3) is 0.452. The number of aromatic hydroxyl groups is 1. The van der Waals surface area contributed by atoms with E-state index in [0.29, 0.717) is 48.4 Å². The number of carbonyl (C=O) groups excluding carboxylic acids is 1. The minimum Gasteiger partial charge on any atom is -0.506 e. The maximum absolute atomic E-state index is 13.7. The topological polar surface area (TPSA) is 108 Å². The molecule has 2 heterocycles. The van der Waals surface area contributed by atoms with Gasteiger partial charge in [-0.3, -0.25) is 14.5 Å². The van der Waals surface area contributed by atoms with Gasteiger partial charge < -0.3 is 19.7 Å². The summed E-state index contributed by atoms with van der Waals surface area (Å²) in [7, 11) is 0. The molecule has 1 aromatic heterocycles. The first kappa shape index (κ1) is 28.3. The van der Waals surface area contributed by atoms with Gasteiger partial charge in [-0.25, -0.2) is 0 Å². The highest BCUT2D eigenvalue weighted by molar-refractivity contribution is 5.97. The van der Waals surface area contributed by atoms with Gasteiger partial charge in [-0.1, -0.05) is 31.7 Å². The van der Waals surface area contributed by atoms with Crippen molar-refractivity contribution in [1.82, 2.24) is 14.8 Å². The molecule has 2 aromatic rings. The molecule has 2 aliphatic rings. The van der Waals surface area contributed by atoms with Crippen molar-refractivity contribution < 1.29 is 14.6 Å². The van der Waals surface area contributed by atoms with Gasteiger partial charge in [-0.15, -0.1) is 0 Å². The van der Waals surface area contributed by atoms with Crippen molar-refractivity contribution in [2.45, 2.75) is 52.1 Å². The zero-order chi connectivity index (χ0) is 27.9. The van der Waals surface area contributed by atoms with Crippen molar-refractivity contribution >= 4 is 24.1 Å². The zero-order valence-electron chi connectivity index (χ0n) is 22.9. The molecule has 0 radical (unpaired) electrons. The Morgan fingerprint density at radius 3 is 2.46 bits per heavy atom. The summed E-state index contributed by atoms with van der Waals surface area (Å²) in [5, 5.41) is 24.2. The third-order valence-electron chi connectivity index (χ3n) is 7.87. The number of rotatable bonds is 7. The smallest absolute Gasteiger partial charge is 0.267 e. The highest BCUT2D eigenvalue weighted by Crippen LogP contribution is 2.24. The number of nitrogens with zero attached hydrogens (tertiary/aromatic N) is 3. The summed E-state index contributed by atoms with van der Waals surface area (Å²) in [5.41, 5.74) is 1.37. The summed E-state index contributed by atoms with van der Waals surface area (Å²) in [6.07, 6.45) is 7.38. The molecule has 0 atom stereocenters. The van der Waals surface area contributed by atoms with Crippen LogP contribution in [0.4, 0.5) is 0 Å². The Morgan fingerprint density at radius 2 is 1.85 bits per heavy atom. The molecule has 1 saturated carbocycles. The fourth-order valence-corrected chi connectivity index (χ4v) is 5.32. The van der Waals surface area contributed by atoms with Crippen molar-refractivity contribution in [3.63, 3.8) is 0 Å². The van der Waals surface area contributed by atoms with Crippen LogP contribution >= 0.6 is 0 Å². The zero-order valence-corrected chi connectivity index (χ0v) is 22.9. The number of morpholine rings is 1. The molecule has 8 nitrogen and oxygen atoms in total. The van der Waals surface area contributed by atoms with E-state index in [1.54, 1.807) is 18.2 Å². The average Bonchev–Trinajstić information content (AvgIpc) is 2.95. The van der Waals surface area contributed by atoms with Gasteiger partial charge in [0.15, 0.2) is 0 Å². The maximum atomic E-state index is 13.7. The number of amides is 1. The number of nitrogens with one attached hydrogen (secondary N) is 1. The van der Waals surface area contributed by atoms with Crippen molar-refractivity contribution in [1.29, 1.82) is 5.26 Å². The Balaban J connectivity index is 1.77. The van der Waals surface area contributed by atoms with Gasteiger partial charge in [0.1, 0.15) is 11.3 Å². The van der Waals surface area contributed by atoms with E-state index in [1.807, 2.05) is 25.1 Å². The summed E-state index contributed by atoms with van der Waals surface area (Å²) in [5.74, 6) is -0.286. The van der Waals surface area contributed by atoms with Crippen LogP contribution in [0.3, 0.4) is 0 Å². The third kappa shape index (κ3) is 6.67. The molecule has 2 N–H and O–H groups in total. The third-order valence-corrected chi connectivity index (χ3v) is 7.87. The van der Waals surface area contributed by atoms with Crippen LogP contribution in [0, 0.1) is 17.2 Å². The van der Waals surface area contributed by atoms with E-state index >= 15 is 0 Å². The molecule has 0 bridgehead atoms. The van der Waals surface area contributed by atoms with E-state index in [0.717, 1.165) is 49.9 Å². The first-order valence-corrected chi connectivity index (χ1v) is 13.8. The van der Waals surface area contributed by atoms with E-state index in [-0.39, 0.29) is 17.4 Å². The molecular formula is C31H38N4O4. The number of aromatic nitrogens is 1. The van der Waals surface area contributed by atoms with Gasteiger partial charge in [0.05, 0.1) is 24.8 Å². The molecular weight excluding hydrogens is 492 g/mol. The minimum atomic E-state index is -0.549. The van der Waals surface area contributed by atoms with Crippen LogP contribution in [-0.2, 0) is 11.3 Å². The molecule has 0 spiro atoms. The highest BCUT2D eigenvalue weighted by atomic mass is 16.5. The lowest BCUT2D eigenvalue weighted by Gasteiger charge is -2.27. The van der Waals surface area contributed by atoms with Gasteiger partial charge in [0, 0.05) is 42.8 Å². The molecule has 206 valence electrons.